The summed E-state index contributed by atoms with van der Waals surface area (Å²) in [5.41, 5.74) is 0.926. The van der Waals surface area contributed by atoms with Gasteiger partial charge in [-0.2, -0.15) is 0 Å². The van der Waals surface area contributed by atoms with Crippen molar-refractivity contribution in [2.24, 2.45) is 0 Å². The summed E-state index contributed by atoms with van der Waals surface area (Å²) >= 11 is 11.4. The highest BCUT2D eigenvalue weighted by Crippen LogP contribution is 2.31. The average molecular weight is 431 g/mol. The Morgan fingerprint density at radius 1 is 1.14 bits per heavy atom. The first-order valence-corrected chi connectivity index (χ1v) is 9.61. The van der Waals surface area contributed by atoms with Crippen LogP contribution in [0, 0.1) is 0 Å². The number of hydrogen-bond donors (Lipinski definition) is 1. The molecule has 3 rings (SSSR count). The molecule has 0 aromatic heterocycles. The molecule has 0 atom stereocenters. The Bertz CT molecular complexity index is 1020. The molecule has 150 valence electrons. The molecule has 0 bridgehead atoms. The van der Waals surface area contributed by atoms with Crippen molar-refractivity contribution in [3.63, 3.8) is 0 Å². The van der Waals surface area contributed by atoms with E-state index in [1.54, 1.807) is 42.5 Å². The van der Waals surface area contributed by atoms with E-state index in [9.17, 15) is 9.59 Å². The normalized spacial score (nSPS) is 15.7. The van der Waals surface area contributed by atoms with Gasteiger partial charge in [-0.1, -0.05) is 29.8 Å². The minimum atomic E-state index is -0.579. The van der Waals surface area contributed by atoms with E-state index in [0.29, 0.717) is 27.8 Å². The number of halogens is 1. The molecule has 0 saturated carbocycles. The number of nitrogens with one attached hydrogen (secondary N) is 1. The van der Waals surface area contributed by atoms with Crippen molar-refractivity contribution in [3.05, 3.63) is 58.6 Å². The van der Waals surface area contributed by atoms with Gasteiger partial charge in [0.15, 0.2) is 16.6 Å². The summed E-state index contributed by atoms with van der Waals surface area (Å²) in [5.74, 6) is -0.0729. The van der Waals surface area contributed by atoms with Crippen LogP contribution < -0.4 is 19.7 Å². The van der Waals surface area contributed by atoms with Gasteiger partial charge < -0.3 is 9.47 Å². The first-order valence-electron chi connectivity index (χ1n) is 8.82. The molecule has 1 saturated heterocycles. The highest BCUT2D eigenvalue weighted by molar-refractivity contribution is 7.80. The summed E-state index contributed by atoms with van der Waals surface area (Å²) in [6, 6.07) is 11.9. The Morgan fingerprint density at radius 3 is 2.52 bits per heavy atom. The Hall–Kier alpha value is -2.90. The smallest absolute Gasteiger partial charge is 0.270 e. The van der Waals surface area contributed by atoms with Gasteiger partial charge in [0, 0.05) is 0 Å². The molecule has 8 heteroatoms. The zero-order chi connectivity index (χ0) is 21.1. The Kier molecular flexibility index (Phi) is 6.20. The van der Waals surface area contributed by atoms with Crippen molar-refractivity contribution in [1.29, 1.82) is 0 Å². The summed E-state index contributed by atoms with van der Waals surface area (Å²) in [5, 5.41) is 2.86. The number of carbonyl (C=O) groups is 2. The van der Waals surface area contributed by atoms with Gasteiger partial charge in [0.2, 0.25) is 0 Å². The van der Waals surface area contributed by atoms with Crippen molar-refractivity contribution < 1.29 is 19.1 Å². The highest BCUT2D eigenvalue weighted by Gasteiger charge is 2.35. The first kappa shape index (κ1) is 20.8. The predicted octanol–water partition coefficient (Wildman–Crippen LogP) is 3.97. The van der Waals surface area contributed by atoms with Crippen LogP contribution in [0.3, 0.4) is 0 Å². The van der Waals surface area contributed by atoms with E-state index in [4.69, 9.17) is 33.3 Å². The fourth-order valence-corrected chi connectivity index (χ4v) is 3.30. The van der Waals surface area contributed by atoms with Gasteiger partial charge in [-0.25, -0.2) is 0 Å². The Labute approximate surface area is 179 Å². The van der Waals surface area contributed by atoms with E-state index in [-0.39, 0.29) is 16.8 Å². The third-order valence-electron chi connectivity index (χ3n) is 4.06. The van der Waals surface area contributed by atoms with Crippen LogP contribution in [0.5, 0.6) is 11.5 Å². The maximum absolute atomic E-state index is 13.1. The molecule has 1 aliphatic heterocycles. The van der Waals surface area contributed by atoms with Crippen molar-refractivity contribution >= 4 is 52.5 Å². The van der Waals surface area contributed by atoms with Gasteiger partial charge in [-0.15, -0.1) is 0 Å². The lowest BCUT2D eigenvalue weighted by molar-refractivity contribution is -0.122. The number of rotatable bonds is 5. The summed E-state index contributed by atoms with van der Waals surface area (Å²) < 4.78 is 11.1. The molecule has 0 radical (unpaired) electrons. The topological polar surface area (TPSA) is 67.9 Å². The van der Waals surface area contributed by atoms with Crippen molar-refractivity contribution in [2.45, 2.75) is 20.0 Å². The fourth-order valence-electron chi connectivity index (χ4n) is 2.80. The molecule has 1 N–H and O–H groups in total. The number of ether oxygens (including phenoxy) is 2. The van der Waals surface area contributed by atoms with E-state index in [2.05, 4.69) is 5.32 Å². The van der Waals surface area contributed by atoms with Gasteiger partial charge in [-0.3, -0.25) is 19.8 Å². The number of nitrogens with zero attached hydrogens (tertiary/aromatic N) is 1. The van der Waals surface area contributed by atoms with Gasteiger partial charge in [0.1, 0.15) is 5.57 Å². The third kappa shape index (κ3) is 4.41. The average Bonchev–Trinajstić information content (AvgIpc) is 2.67. The standard InChI is InChI=1S/C21H19ClN2O4S/c1-12(2)28-17-9-8-13(11-18(17)27-3)10-14-19(25)23-21(29)24(20(14)26)16-7-5-4-6-15(16)22/h4-12H,1-3H3,(H,23,25,29)/b14-10+. The van der Waals surface area contributed by atoms with Crippen LogP contribution >= 0.6 is 23.8 Å². The van der Waals surface area contributed by atoms with Gasteiger partial charge in [0.25, 0.3) is 11.8 Å². The molecule has 2 amide bonds. The number of para-hydroxylation sites is 1. The summed E-state index contributed by atoms with van der Waals surface area (Å²) in [6.07, 6.45) is 1.45. The largest absolute Gasteiger partial charge is 0.493 e. The molecule has 2 aromatic carbocycles. The van der Waals surface area contributed by atoms with E-state index >= 15 is 0 Å². The number of benzene rings is 2. The van der Waals surface area contributed by atoms with Crippen LogP contribution in [0.2, 0.25) is 5.02 Å². The van der Waals surface area contributed by atoms with Gasteiger partial charge in [0.05, 0.1) is 23.9 Å². The second-order valence-corrected chi connectivity index (χ2v) is 7.28. The molecular weight excluding hydrogens is 412 g/mol. The fraction of sp³-hybridized carbons (Fsp3) is 0.190. The lowest BCUT2D eigenvalue weighted by Crippen LogP contribution is -2.54. The molecule has 6 nitrogen and oxygen atoms in total. The summed E-state index contributed by atoms with van der Waals surface area (Å²) in [4.78, 5) is 26.7. The van der Waals surface area contributed by atoms with E-state index < -0.39 is 11.8 Å². The molecule has 1 fully saturated rings. The van der Waals surface area contributed by atoms with Crippen LogP contribution in [0.15, 0.2) is 48.0 Å². The number of hydrogen-bond acceptors (Lipinski definition) is 5. The van der Waals surface area contributed by atoms with Gasteiger partial charge >= 0.3 is 0 Å². The SMILES string of the molecule is COc1cc(/C=C2\C(=O)NC(=S)N(c3ccccc3Cl)C2=O)ccc1OC(C)C. The van der Waals surface area contributed by atoms with Crippen molar-refractivity contribution in [2.75, 3.05) is 12.0 Å². The second-order valence-electron chi connectivity index (χ2n) is 6.49. The van der Waals surface area contributed by atoms with Gasteiger partial charge in [-0.05, 0) is 62.0 Å². The molecule has 0 spiro atoms. The second kappa shape index (κ2) is 8.63. The molecule has 0 aliphatic carbocycles. The zero-order valence-electron chi connectivity index (χ0n) is 16.1. The van der Waals surface area contributed by atoms with Crippen molar-refractivity contribution in [1.82, 2.24) is 5.32 Å². The zero-order valence-corrected chi connectivity index (χ0v) is 17.6. The summed E-state index contributed by atoms with van der Waals surface area (Å²) in [6.45, 7) is 3.82. The molecule has 29 heavy (non-hydrogen) atoms. The summed E-state index contributed by atoms with van der Waals surface area (Å²) in [7, 11) is 1.52. The van der Waals surface area contributed by atoms with Crippen molar-refractivity contribution in [3.8, 4) is 11.5 Å². The predicted molar refractivity (Wildman–Crippen MR) is 116 cm³/mol. The lowest BCUT2D eigenvalue weighted by Gasteiger charge is -2.29. The number of anilines is 1. The maximum atomic E-state index is 13.1. The van der Waals surface area contributed by atoms with Crippen LogP contribution in [-0.2, 0) is 9.59 Å². The number of amides is 2. The van der Waals surface area contributed by atoms with Crippen LogP contribution in [0.1, 0.15) is 19.4 Å². The van der Waals surface area contributed by atoms with Crippen LogP contribution in [0.25, 0.3) is 6.08 Å². The number of carbonyl (C=O) groups excluding carboxylic acids is 2. The minimum absolute atomic E-state index is 0.0241. The molecule has 1 heterocycles. The monoisotopic (exact) mass is 430 g/mol. The van der Waals surface area contributed by atoms with Crippen LogP contribution in [0.4, 0.5) is 5.69 Å². The molecule has 0 unspecified atom stereocenters. The van der Waals surface area contributed by atoms with Crippen LogP contribution in [-0.4, -0.2) is 30.1 Å². The van der Waals surface area contributed by atoms with E-state index in [0.717, 1.165) is 0 Å². The highest BCUT2D eigenvalue weighted by atomic mass is 35.5. The third-order valence-corrected chi connectivity index (χ3v) is 4.66. The molecule has 2 aromatic rings. The maximum Gasteiger partial charge on any atom is 0.270 e. The lowest BCUT2D eigenvalue weighted by atomic mass is 10.1. The number of thiocarbonyl (C=S) groups is 1. The Morgan fingerprint density at radius 2 is 1.86 bits per heavy atom. The quantitative estimate of drug-likeness (QED) is 0.441. The molecule has 1 aliphatic rings. The number of methoxy groups -OCH3 is 1. The Balaban J connectivity index is 2.00. The minimum Gasteiger partial charge on any atom is -0.493 e. The van der Waals surface area contributed by atoms with E-state index in [1.165, 1.54) is 18.1 Å². The van der Waals surface area contributed by atoms with E-state index in [1.807, 2.05) is 13.8 Å². The molecular formula is C21H19ClN2O4S. The first-order chi connectivity index (χ1) is 13.8.